The molecule has 0 bridgehead atoms. The molecule has 6 heteroatoms. The molecule has 2 aromatic carbocycles. The molecule has 0 fully saturated rings. The summed E-state index contributed by atoms with van der Waals surface area (Å²) in [5.74, 6) is 2.04. The number of aliphatic hydroxyl groups is 1. The van der Waals surface area contributed by atoms with Crippen molar-refractivity contribution in [3.63, 3.8) is 0 Å². The maximum Gasteiger partial charge on any atom is 0.147 e. The van der Waals surface area contributed by atoms with Crippen molar-refractivity contribution in [3.8, 4) is 17.1 Å². The fourth-order valence-corrected chi connectivity index (χ4v) is 5.14. The number of hydrogen-bond donors (Lipinski definition) is 1. The van der Waals surface area contributed by atoms with Crippen LogP contribution in [-0.4, -0.2) is 20.4 Å². The minimum absolute atomic E-state index is 0.371. The molecule has 1 aliphatic rings. The highest BCUT2D eigenvalue weighted by Gasteiger charge is 2.25. The Morgan fingerprint density at radius 2 is 1.81 bits per heavy atom. The number of imidazole rings is 1. The third-order valence-electron chi connectivity index (χ3n) is 5.47. The van der Waals surface area contributed by atoms with Crippen molar-refractivity contribution in [2.45, 2.75) is 38.7 Å². The standard InChI is InChI=1S/C26H26Cl2N2OS/c1-4-32-20-8-5-7-18(15-20)17-11-13-19(14-12-17)30-16-23(26(2,3)31)29-25(30)24-21(27)9-6-10-22(24)28/h5-6,8-16,18,31H,4,7H2,1-3H3/t18-/m1/s1. The molecule has 166 valence electrons. The molecule has 1 aromatic heterocycles. The van der Waals surface area contributed by atoms with Gasteiger partial charge in [-0.2, -0.15) is 0 Å². The highest BCUT2D eigenvalue weighted by Crippen LogP contribution is 2.37. The molecule has 0 unspecified atom stereocenters. The van der Waals surface area contributed by atoms with Crippen LogP contribution >= 0.6 is 35.0 Å². The molecule has 3 nitrogen and oxygen atoms in total. The zero-order valence-corrected chi connectivity index (χ0v) is 20.7. The van der Waals surface area contributed by atoms with Crippen molar-refractivity contribution in [1.82, 2.24) is 9.55 Å². The second-order valence-corrected chi connectivity index (χ2v) is 10.5. The van der Waals surface area contributed by atoms with E-state index >= 15 is 0 Å². The number of hydrogen-bond acceptors (Lipinski definition) is 3. The van der Waals surface area contributed by atoms with Gasteiger partial charge in [0.05, 0.1) is 21.3 Å². The monoisotopic (exact) mass is 484 g/mol. The molecule has 0 saturated heterocycles. The van der Waals surface area contributed by atoms with Crippen LogP contribution in [0, 0.1) is 0 Å². The van der Waals surface area contributed by atoms with Gasteiger partial charge in [-0.15, -0.1) is 11.8 Å². The van der Waals surface area contributed by atoms with E-state index in [4.69, 9.17) is 28.2 Å². The highest BCUT2D eigenvalue weighted by molar-refractivity contribution is 8.03. The van der Waals surface area contributed by atoms with Gasteiger partial charge in [-0.1, -0.05) is 66.6 Å². The number of nitrogens with zero attached hydrogens (tertiary/aromatic N) is 2. The Hall–Kier alpha value is -1.98. The summed E-state index contributed by atoms with van der Waals surface area (Å²) in [5, 5.41) is 11.6. The van der Waals surface area contributed by atoms with Gasteiger partial charge in [0.2, 0.25) is 0 Å². The summed E-state index contributed by atoms with van der Waals surface area (Å²) < 4.78 is 1.94. The van der Waals surface area contributed by atoms with E-state index in [1.807, 2.05) is 28.6 Å². The highest BCUT2D eigenvalue weighted by atomic mass is 35.5. The van der Waals surface area contributed by atoms with Gasteiger partial charge in [-0.3, -0.25) is 4.57 Å². The SMILES string of the molecule is CCSC1=C[C@H](c2ccc(-n3cc(C(C)(C)O)nc3-c3c(Cl)cccc3Cl)cc2)CC=C1. The van der Waals surface area contributed by atoms with Crippen LogP contribution in [0.5, 0.6) is 0 Å². The predicted molar refractivity (Wildman–Crippen MR) is 137 cm³/mol. The number of halogens is 2. The van der Waals surface area contributed by atoms with Crippen molar-refractivity contribution in [3.05, 3.63) is 93.1 Å². The summed E-state index contributed by atoms with van der Waals surface area (Å²) in [7, 11) is 0. The average molecular weight is 485 g/mol. The summed E-state index contributed by atoms with van der Waals surface area (Å²) in [5.41, 5.74) is 2.31. The van der Waals surface area contributed by atoms with Crippen LogP contribution in [0.2, 0.25) is 10.0 Å². The van der Waals surface area contributed by atoms with Gasteiger partial charge in [-0.05, 0) is 55.9 Å². The van der Waals surface area contributed by atoms with Crippen molar-refractivity contribution in [2.75, 3.05) is 5.75 Å². The molecule has 1 atom stereocenters. The molecular weight excluding hydrogens is 459 g/mol. The maximum absolute atomic E-state index is 10.6. The number of thioether (sulfide) groups is 1. The number of benzene rings is 2. The third-order valence-corrected chi connectivity index (χ3v) is 6.99. The van der Waals surface area contributed by atoms with Gasteiger partial charge >= 0.3 is 0 Å². The van der Waals surface area contributed by atoms with Gasteiger partial charge in [0.15, 0.2) is 0 Å². The number of allylic oxidation sites excluding steroid dienone is 3. The fourth-order valence-electron chi connectivity index (χ4n) is 3.79. The zero-order valence-electron chi connectivity index (χ0n) is 18.3. The van der Waals surface area contributed by atoms with Crippen LogP contribution < -0.4 is 0 Å². The Bertz CT molecular complexity index is 1150. The second kappa shape index (κ2) is 9.48. The van der Waals surface area contributed by atoms with Crippen LogP contribution in [0.1, 0.15) is 44.4 Å². The van der Waals surface area contributed by atoms with E-state index < -0.39 is 5.60 Å². The first-order valence-electron chi connectivity index (χ1n) is 10.7. The average Bonchev–Trinajstić information content (AvgIpc) is 3.20. The summed E-state index contributed by atoms with van der Waals surface area (Å²) in [6.07, 6.45) is 9.66. The van der Waals surface area contributed by atoms with E-state index in [1.54, 1.807) is 26.0 Å². The van der Waals surface area contributed by atoms with Crippen LogP contribution in [0.3, 0.4) is 0 Å². The molecular formula is C26H26Cl2N2OS. The molecule has 3 aromatic rings. The Labute approximate surface area is 203 Å². The lowest BCUT2D eigenvalue weighted by Gasteiger charge is -2.18. The van der Waals surface area contributed by atoms with Gasteiger partial charge in [0, 0.05) is 22.7 Å². The van der Waals surface area contributed by atoms with E-state index in [0.29, 0.717) is 33.0 Å². The van der Waals surface area contributed by atoms with E-state index in [-0.39, 0.29) is 0 Å². The largest absolute Gasteiger partial charge is 0.384 e. The van der Waals surface area contributed by atoms with Crippen LogP contribution in [0.4, 0.5) is 0 Å². The summed E-state index contributed by atoms with van der Waals surface area (Å²) in [4.78, 5) is 6.04. The van der Waals surface area contributed by atoms with Gasteiger partial charge in [0.1, 0.15) is 11.4 Å². The molecule has 1 heterocycles. The Morgan fingerprint density at radius 3 is 2.44 bits per heavy atom. The van der Waals surface area contributed by atoms with E-state index in [2.05, 4.69) is 49.4 Å². The van der Waals surface area contributed by atoms with E-state index in [0.717, 1.165) is 17.9 Å². The van der Waals surface area contributed by atoms with Crippen LogP contribution in [0.15, 0.2) is 71.8 Å². The van der Waals surface area contributed by atoms with Crippen LogP contribution in [0.25, 0.3) is 17.1 Å². The molecule has 32 heavy (non-hydrogen) atoms. The molecule has 0 radical (unpaired) electrons. The van der Waals surface area contributed by atoms with Gasteiger partial charge < -0.3 is 5.11 Å². The minimum atomic E-state index is -1.10. The van der Waals surface area contributed by atoms with Crippen molar-refractivity contribution in [1.29, 1.82) is 0 Å². The van der Waals surface area contributed by atoms with Crippen molar-refractivity contribution >= 4 is 35.0 Å². The van der Waals surface area contributed by atoms with Crippen LogP contribution in [-0.2, 0) is 5.60 Å². The van der Waals surface area contributed by atoms with E-state index in [1.165, 1.54) is 10.5 Å². The number of rotatable bonds is 6. The van der Waals surface area contributed by atoms with Gasteiger partial charge in [0.25, 0.3) is 0 Å². The Balaban J connectivity index is 1.75. The molecule has 1 aliphatic carbocycles. The maximum atomic E-state index is 10.6. The number of aromatic nitrogens is 2. The molecule has 1 N–H and O–H groups in total. The Kier molecular flexibility index (Phi) is 6.87. The fraction of sp³-hybridized carbons (Fsp3) is 0.269. The first-order chi connectivity index (χ1) is 15.3. The smallest absolute Gasteiger partial charge is 0.147 e. The van der Waals surface area contributed by atoms with Gasteiger partial charge in [-0.25, -0.2) is 4.98 Å². The third kappa shape index (κ3) is 4.84. The Morgan fingerprint density at radius 1 is 1.12 bits per heavy atom. The predicted octanol–water partition coefficient (Wildman–Crippen LogP) is 7.75. The zero-order chi connectivity index (χ0) is 22.9. The molecule has 0 spiro atoms. The lowest BCUT2D eigenvalue weighted by Crippen LogP contribution is -2.15. The summed E-state index contributed by atoms with van der Waals surface area (Å²) in [6.45, 7) is 5.61. The quantitative estimate of drug-likeness (QED) is 0.388. The normalized spacial score (nSPS) is 16.3. The topological polar surface area (TPSA) is 38.0 Å². The first kappa shape index (κ1) is 23.2. The lowest BCUT2D eigenvalue weighted by molar-refractivity contribution is 0.0743. The molecule has 4 rings (SSSR count). The first-order valence-corrected chi connectivity index (χ1v) is 12.4. The van der Waals surface area contributed by atoms with Crippen molar-refractivity contribution in [2.24, 2.45) is 0 Å². The lowest BCUT2D eigenvalue weighted by atomic mass is 9.92. The molecule has 0 saturated carbocycles. The van der Waals surface area contributed by atoms with Crippen molar-refractivity contribution < 1.29 is 5.11 Å². The molecule has 0 aliphatic heterocycles. The molecule has 0 amide bonds. The summed E-state index contributed by atoms with van der Waals surface area (Å²) in [6, 6.07) is 13.9. The second-order valence-electron chi connectivity index (χ2n) is 8.31. The summed E-state index contributed by atoms with van der Waals surface area (Å²) >= 11 is 14.9. The minimum Gasteiger partial charge on any atom is -0.384 e. The van der Waals surface area contributed by atoms with E-state index in [9.17, 15) is 5.11 Å².